The van der Waals surface area contributed by atoms with Gasteiger partial charge in [-0.2, -0.15) is 5.10 Å². The van der Waals surface area contributed by atoms with Gasteiger partial charge in [-0.1, -0.05) is 17.7 Å². The zero-order valence-electron chi connectivity index (χ0n) is 27.4. The summed E-state index contributed by atoms with van der Waals surface area (Å²) in [7, 11) is 3.10. The minimum absolute atomic E-state index is 0.0503. The first-order valence-corrected chi connectivity index (χ1v) is 16.4. The molecule has 2 fully saturated rings. The molecule has 4 heterocycles. The van der Waals surface area contributed by atoms with Gasteiger partial charge in [-0.05, 0) is 50.6 Å². The summed E-state index contributed by atoms with van der Waals surface area (Å²) in [4.78, 5) is 46.8. The molecule has 0 bridgehead atoms. The largest absolute Gasteiger partial charge is 0.383 e. The number of nitrogens with zero attached hydrogens (tertiary/aromatic N) is 6. The number of hydrogen-bond donors (Lipinski definition) is 2. The number of rotatable bonds is 9. The summed E-state index contributed by atoms with van der Waals surface area (Å²) in [6.45, 7) is 5.12. The molecule has 3 amide bonds. The highest BCUT2D eigenvalue weighted by molar-refractivity contribution is 6.34. The molecule has 0 spiro atoms. The van der Waals surface area contributed by atoms with Crippen LogP contribution in [0.2, 0.25) is 5.02 Å². The molecule has 2 N–H and O–H groups in total. The molecule has 2 aromatic carbocycles. The highest BCUT2D eigenvalue weighted by atomic mass is 35.5. The number of carbonyl (C=O) groups excluding carboxylic acids is 3. The molecule has 2 aromatic heterocycles. The maximum absolute atomic E-state index is 15.5. The maximum atomic E-state index is 15.5. The zero-order valence-corrected chi connectivity index (χ0v) is 28.2. The van der Waals surface area contributed by atoms with Crippen LogP contribution in [0.15, 0.2) is 42.7 Å². The lowest BCUT2D eigenvalue weighted by Gasteiger charge is -2.36. The molecule has 4 aromatic rings. The van der Waals surface area contributed by atoms with Crippen molar-refractivity contribution < 1.29 is 27.9 Å². The van der Waals surface area contributed by atoms with Crippen molar-refractivity contribution in [1.82, 2.24) is 34.4 Å². The molecule has 6 rings (SSSR count). The van der Waals surface area contributed by atoms with E-state index in [4.69, 9.17) is 16.3 Å². The van der Waals surface area contributed by atoms with Gasteiger partial charge in [0.25, 0.3) is 11.8 Å². The molecular formula is C34H37ClF2N8O4. The molecule has 258 valence electrons. The number of hydrogen-bond acceptors (Lipinski definition) is 7. The number of aryl methyl sites for hydroxylation is 1. The first-order valence-electron chi connectivity index (χ1n) is 16.0. The summed E-state index contributed by atoms with van der Waals surface area (Å²) in [6.07, 6.45) is 4.75. The van der Waals surface area contributed by atoms with Gasteiger partial charge in [0.15, 0.2) is 17.5 Å². The molecule has 15 heteroatoms. The molecule has 49 heavy (non-hydrogen) atoms. The quantitative estimate of drug-likeness (QED) is 0.270. The number of nitrogens with one attached hydrogen (secondary N) is 2. The minimum atomic E-state index is -1.08. The Labute approximate surface area is 287 Å². The summed E-state index contributed by atoms with van der Waals surface area (Å²) in [5.41, 5.74) is 1.79. The summed E-state index contributed by atoms with van der Waals surface area (Å²) >= 11 is 6.50. The number of aromatic nitrogens is 4. The Bertz CT molecular complexity index is 1900. The Hall–Kier alpha value is -4.66. The summed E-state index contributed by atoms with van der Waals surface area (Å²) in [5, 5.41) is 10.4. The molecule has 12 nitrogen and oxygen atoms in total. The van der Waals surface area contributed by atoms with Gasteiger partial charge < -0.3 is 29.7 Å². The van der Waals surface area contributed by atoms with Crippen molar-refractivity contribution in [2.24, 2.45) is 7.05 Å². The number of anilines is 1. The third-order valence-electron chi connectivity index (χ3n) is 9.00. The predicted octanol–water partition coefficient (Wildman–Crippen LogP) is 4.13. The van der Waals surface area contributed by atoms with Gasteiger partial charge in [-0.3, -0.25) is 19.1 Å². The van der Waals surface area contributed by atoms with Crippen molar-refractivity contribution in [2.75, 3.05) is 51.8 Å². The van der Waals surface area contributed by atoms with Gasteiger partial charge in [-0.25, -0.2) is 13.8 Å². The number of benzene rings is 2. The number of halogens is 3. The highest BCUT2D eigenvalue weighted by Crippen LogP contribution is 2.33. The Balaban J connectivity index is 1.11. The van der Waals surface area contributed by atoms with Crippen LogP contribution in [0.5, 0.6) is 0 Å². The average molecular weight is 695 g/mol. The van der Waals surface area contributed by atoms with E-state index in [0.29, 0.717) is 56.3 Å². The van der Waals surface area contributed by atoms with Gasteiger partial charge in [0.05, 0.1) is 47.4 Å². The Morgan fingerprint density at radius 2 is 1.76 bits per heavy atom. The Morgan fingerprint density at radius 1 is 1.04 bits per heavy atom. The second-order valence-corrected chi connectivity index (χ2v) is 12.5. The van der Waals surface area contributed by atoms with Crippen LogP contribution >= 0.6 is 11.6 Å². The van der Waals surface area contributed by atoms with Gasteiger partial charge in [0.2, 0.25) is 5.91 Å². The van der Waals surface area contributed by atoms with E-state index in [0.717, 1.165) is 19.4 Å². The fourth-order valence-corrected chi connectivity index (χ4v) is 6.54. The Kier molecular flexibility index (Phi) is 10.1. The number of imidazole rings is 1. The van der Waals surface area contributed by atoms with Crippen molar-refractivity contribution in [2.45, 2.75) is 32.4 Å². The molecule has 2 aliphatic heterocycles. The fraction of sp³-hybridized carbons (Fsp3) is 0.382. The van der Waals surface area contributed by atoms with E-state index in [2.05, 4.69) is 20.7 Å². The van der Waals surface area contributed by atoms with Crippen molar-refractivity contribution >= 4 is 35.0 Å². The smallest absolute Gasteiger partial charge is 0.291 e. The molecular weight excluding hydrogens is 658 g/mol. The van der Waals surface area contributed by atoms with E-state index in [1.54, 1.807) is 40.8 Å². The van der Waals surface area contributed by atoms with Gasteiger partial charge in [-0.15, -0.1) is 0 Å². The maximum Gasteiger partial charge on any atom is 0.291 e. The van der Waals surface area contributed by atoms with E-state index in [1.807, 2.05) is 0 Å². The van der Waals surface area contributed by atoms with Crippen LogP contribution in [0.1, 0.15) is 39.5 Å². The fourth-order valence-electron chi connectivity index (χ4n) is 6.28. The van der Waals surface area contributed by atoms with Crippen molar-refractivity contribution in [3.63, 3.8) is 0 Å². The van der Waals surface area contributed by atoms with Crippen molar-refractivity contribution in [1.29, 1.82) is 0 Å². The van der Waals surface area contributed by atoms with Crippen molar-refractivity contribution in [3.05, 3.63) is 76.5 Å². The SMILES string of the molecule is COCCn1cc(-c2ccc(-c3cnc(C(=O)Nc4ccc(C(=O)N5CCN(C(=O)C6CCCN6)CC5)c(Cl)c4)n3C)c(F)c2F)c(C)n1. The number of amides is 3. The zero-order chi connectivity index (χ0) is 34.8. The average Bonchev–Trinajstić information content (AvgIpc) is 3.85. The van der Waals surface area contributed by atoms with Crippen LogP contribution in [0, 0.1) is 18.6 Å². The number of carbonyl (C=O) groups is 3. The van der Waals surface area contributed by atoms with Crippen molar-refractivity contribution in [3.8, 4) is 22.4 Å². The van der Waals surface area contributed by atoms with E-state index in [-0.39, 0.29) is 51.1 Å². The third kappa shape index (κ3) is 6.94. The van der Waals surface area contributed by atoms with E-state index < -0.39 is 17.5 Å². The normalized spacial score (nSPS) is 16.3. The molecule has 0 radical (unpaired) electrons. The molecule has 1 atom stereocenters. The third-order valence-corrected chi connectivity index (χ3v) is 9.32. The predicted molar refractivity (Wildman–Crippen MR) is 179 cm³/mol. The molecule has 1 unspecified atom stereocenters. The highest BCUT2D eigenvalue weighted by Gasteiger charge is 2.31. The number of piperazine rings is 1. The van der Waals surface area contributed by atoms with E-state index in [9.17, 15) is 14.4 Å². The van der Waals surface area contributed by atoms with E-state index >= 15 is 8.78 Å². The van der Waals surface area contributed by atoms with Crippen LogP contribution in [0.3, 0.4) is 0 Å². The number of ether oxygens (including phenoxy) is 1. The van der Waals surface area contributed by atoms with E-state index in [1.165, 1.54) is 42.1 Å². The summed E-state index contributed by atoms with van der Waals surface area (Å²) in [5.74, 6) is -2.98. The first-order chi connectivity index (χ1) is 23.6. The Morgan fingerprint density at radius 3 is 2.45 bits per heavy atom. The lowest BCUT2D eigenvalue weighted by Crippen LogP contribution is -2.54. The summed E-state index contributed by atoms with van der Waals surface area (Å²) < 4.78 is 38.9. The second-order valence-electron chi connectivity index (χ2n) is 12.1. The first kappa shape index (κ1) is 34.2. The van der Waals surface area contributed by atoms with Crippen LogP contribution in [0.4, 0.5) is 14.5 Å². The molecule has 0 saturated carbocycles. The summed E-state index contributed by atoms with van der Waals surface area (Å²) in [6, 6.07) is 7.33. The monoisotopic (exact) mass is 694 g/mol. The van der Waals surface area contributed by atoms with Crippen LogP contribution in [-0.4, -0.2) is 99.3 Å². The van der Waals surface area contributed by atoms with Crippen LogP contribution in [-0.2, 0) is 23.1 Å². The topological polar surface area (TPSA) is 127 Å². The molecule has 2 aliphatic rings. The minimum Gasteiger partial charge on any atom is -0.383 e. The van der Waals surface area contributed by atoms with Crippen LogP contribution in [0.25, 0.3) is 22.4 Å². The molecule has 0 aliphatic carbocycles. The molecule has 2 saturated heterocycles. The lowest BCUT2D eigenvalue weighted by molar-refractivity contribution is -0.134. The van der Waals surface area contributed by atoms with Gasteiger partial charge >= 0.3 is 0 Å². The van der Waals surface area contributed by atoms with Gasteiger partial charge in [0, 0.05) is 68.9 Å². The standard InChI is InChI=1S/C34H37ClF2N8O4/c1-20-25(19-45(41-20)15-16-49-3)22-8-9-24(30(37)29(22)36)28-18-39-31(42(28)2)32(46)40-21-6-7-23(26(35)17-21)33(47)43-11-13-44(14-12-43)34(48)27-5-4-10-38-27/h6-9,17-19,27,38H,4-5,10-16H2,1-3H3,(H,40,46). The van der Waals surface area contributed by atoms with Gasteiger partial charge in [0.1, 0.15) is 0 Å². The second kappa shape index (κ2) is 14.4. The lowest BCUT2D eigenvalue weighted by atomic mass is 10.0. The van der Waals surface area contributed by atoms with Crippen LogP contribution < -0.4 is 10.6 Å². The number of methoxy groups -OCH3 is 1.